The van der Waals surface area contributed by atoms with Crippen molar-refractivity contribution in [1.29, 1.82) is 0 Å². The highest BCUT2D eigenvalue weighted by atomic mass is 14.7. The van der Waals surface area contributed by atoms with E-state index in [1.54, 1.807) is 24.8 Å². The Balaban J connectivity index is 0.000000151. The number of rotatable bonds is 0. The predicted molar refractivity (Wildman–Crippen MR) is 81.3 cm³/mol. The Bertz CT molecular complexity index is 510. The summed E-state index contributed by atoms with van der Waals surface area (Å²) in [5.41, 5.74) is 3.25. The topological polar surface area (TPSA) is 54.5 Å². The second-order valence-electron chi connectivity index (χ2n) is 4.17. The monoisotopic (exact) mass is 268 g/mol. The van der Waals surface area contributed by atoms with E-state index in [9.17, 15) is 0 Å². The summed E-state index contributed by atoms with van der Waals surface area (Å²) in [6.45, 7) is 5.91. The van der Waals surface area contributed by atoms with E-state index < -0.39 is 0 Å². The molecular weight excluding hydrogens is 248 g/mol. The van der Waals surface area contributed by atoms with E-state index in [0.717, 1.165) is 11.4 Å². The molecule has 0 fully saturated rings. The number of hydrogen-bond donors (Lipinski definition) is 1. The van der Waals surface area contributed by atoms with Crippen molar-refractivity contribution >= 4 is 0 Å². The van der Waals surface area contributed by atoms with Crippen LogP contribution in [0.3, 0.4) is 0 Å². The molecule has 104 valence electrons. The van der Waals surface area contributed by atoms with E-state index >= 15 is 0 Å². The van der Waals surface area contributed by atoms with E-state index in [1.807, 2.05) is 57.3 Å². The van der Waals surface area contributed by atoms with Crippen LogP contribution >= 0.6 is 0 Å². The standard InChI is InChI=1S/C6H7N.C5H6N2.C5H7N/c1-6-4-2-3-5-7-6;1-5-4-6-2-3-7-5;1-5-3-2-4-6-5/h2-5H,1H3;2-4H,1H3;2-4,6H,1H3. The number of aromatic amines is 1. The molecule has 0 aliphatic rings. The normalized spacial score (nSPS) is 8.75. The van der Waals surface area contributed by atoms with Crippen LogP contribution in [-0.2, 0) is 0 Å². The van der Waals surface area contributed by atoms with Crippen LogP contribution in [0.2, 0.25) is 0 Å². The number of aromatic nitrogens is 4. The van der Waals surface area contributed by atoms with E-state index in [2.05, 4.69) is 19.9 Å². The Morgan fingerprint density at radius 1 is 0.800 bits per heavy atom. The molecule has 1 N–H and O–H groups in total. The average molecular weight is 268 g/mol. The highest BCUT2D eigenvalue weighted by molar-refractivity contribution is 5.00. The third-order valence-electron chi connectivity index (χ3n) is 2.26. The molecule has 0 saturated carbocycles. The second kappa shape index (κ2) is 9.44. The molecule has 3 aromatic heterocycles. The van der Waals surface area contributed by atoms with Gasteiger partial charge in [0, 0.05) is 42.4 Å². The number of nitrogens with one attached hydrogen (secondary N) is 1. The van der Waals surface area contributed by atoms with Gasteiger partial charge in [-0.2, -0.15) is 0 Å². The molecule has 0 saturated heterocycles. The van der Waals surface area contributed by atoms with Crippen LogP contribution in [0.5, 0.6) is 0 Å². The molecule has 20 heavy (non-hydrogen) atoms. The highest BCUT2D eigenvalue weighted by Crippen LogP contribution is 1.87. The van der Waals surface area contributed by atoms with Crippen molar-refractivity contribution in [2.75, 3.05) is 0 Å². The quantitative estimate of drug-likeness (QED) is 0.679. The van der Waals surface area contributed by atoms with Crippen LogP contribution in [0, 0.1) is 20.8 Å². The van der Waals surface area contributed by atoms with Gasteiger partial charge in [0.15, 0.2) is 0 Å². The smallest absolute Gasteiger partial charge is 0.0555 e. The second-order valence-corrected chi connectivity index (χ2v) is 4.17. The molecular formula is C16H20N4. The summed E-state index contributed by atoms with van der Waals surface area (Å²) in [5.74, 6) is 0. The Morgan fingerprint density at radius 3 is 1.85 bits per heavy atom. The van der Waals surface area contributed by atoms with Crippen LogP contribution in [0.15, 0.2) is 61.3 Å². The van der Waals surface area contributed by atoms with Crippen molar-refractivity contribution in [2.45, 2.75) is 20.8 Å². The minimum absolute atomic E-state index is 0.961. The van der Waals surface area contributed by atoms with Gasteiger partial charge in [-0.3, -0.25) is 15.0 Å². The van der Waals surface area contributed by atoms with Crippen LogP contribution < -0.4 is 0 Å². The Labute approximate surface area is 120 Å². The Kier molecular flexibility index (Phi) is 7.35. The van der Waals surface area contributed by atoms with E-state index in [-0.39, 0.29) is 0 Å². The van der Waals surface area contributed by atoms with Gasteiger partial charge in [-0.05, 0) is 45.0 Å². The number of hydrogen-bond acceptors (Lipinski definition) is 3. The lowest BCUT2D eigenvalue weighted by Gasteiger charge is -1.82. The van der Waals surface area contributed by atoms with Crippen LogP contribution in [-0.4, -0.2) is 19.9 Å². The summed E-state index contributed by atoms with van der Waals surface area (Å²) in [6, 6.07) is 9.87. The molecule has 0 spiro atoms. The van der Waals surface area contributed by atoms with Gasteiger partial charge >= 0.3 is 0 Å². The molecule has 0 aromatic carbocycles. The van der Waals surface area contributed by atoms with E-state index in [4.69, 9.17) is 0 Å². The van der Waals surface area contributed by atoms with Crippen LogP contribution in [0.4, 0.5) is 0 Å². The van der Waals surface area contributed by atoms with E-state index in [0.29, 0.717) is 0 Å². The van der Waals surface area contributed by atoms with Crippen molar-refractivity contribution in [2.24, 2.45) is 0 Å². The number of nitrogens with zero attached hydrogens (tertiary/aromatic N) is 3. The first-order valence-electron chi connectivity index (χ1n) is 6.38. The summed E-state index contributed by atoms with van der Waals surface area (Å²) < 4.78 is 0. The fraction of sp³-hybridized carbons (Fsp3) is 0.188. The SMILES string of the molecule is Cc1ccc[nH]1.Cc1ccccn1.Cc1cnccn1. The lowest BCUT2D eigenvalue weighted by atomic mass is 10.4. The maximum atomic E-state index is 3.98. The zero-order valence-electron chi connectivity index (χ0n) is 12.1. The molecule has 0 radical (unpaired) electrons. The first-order chi connectivity index (χ1) is 9.68. The van der Waals surface area contributed by atoms with Crippen LogP contribution in [0.25, 0.3) is 0 Å². The zero-order valence-corrected chi connectivity index (χ0v) is 12.1. The molecule has 0 aliphatic carbocycles. The van der Waals surface area contributed by atoms with Gasteiger partial charge in [-0.1, -0.05) is 6.07 Å². The van der Waals surface area contributed by atoms with Crippen molar-refractivity contribution in [1.82, 2.24) is 19.9 Å². The molecule has 4 nitrogen and oxygen atoms in total. The molecule has 3 aromatic rings. The average Bonchev–Trinajstić information content (AvgIpc) is 2.93. The number of H-pyrrole nitrogens is 1. The fourth-order valence-electron chi connectivity index (χ4n) is 1.24. The molecule has 4 heteroatoms. The van der Waals surface area contributed by atoms with Gasteiger partial charge in [-0.25, -0.2) is 0 Å². The Morgan fingerprint density at radius 2 is 1.60 bits per heavy atom. The fourth-order valence-corrected chi connectivity index (χ4v) is 1.24. The van der Waals surface area contributed by atoms with Gasteiger partial charge in [0.05, 0.1) is 5.69 Å². The lowest BCUT2D eigenvalue weighted by molar-refractivity contribution is 1.12. The summed E-state index contributed by atoms with van der Waals surface area (Å²) in [7, 11) is 0. The predicted octanol–water partition coefficient (Wildman–Crippen LogP) is 3.50. The summed E-state index contributed by atoms with van der Waals surface area (Å²) in [4.78, 5) is 14.7. The zero-order chi connectivity index (χ0) is 14.6. The highest BCUT2D eigenvalue weighted by Gasteiger charge is 1.75. The number of aryl methyl sites for hydroxylation is 3. The molecule has 0 aliphatic heterocycles. The minimum Gasteiger partial charge on any atom is -0.365 e. The molecule has 0 bridgehead atoms. The van der Waals surface area contributed by atoms with Crippen LogP contribution in [0.1, 0.15) is 17.1 Å². The van der Waals surface area contributed by atoms with Gasteiger partial charge in [-0.15, -0.1) is 0 Å². The van der Waals surface area contributed by atoms with Gasteiger partial charge < -0.3 is 4.98 Å². The molecule has 3 heterocycles. The molecule has 0 amide bonds. The van der Waals surface area contributed by atoms with Crippen molar-refractivity contribution < 1.29 is 0 Å². The first-order valence-corrected chi connectivity index (χ1v) is 6.38. The first kappa shape index (κ1) is 15.6. The molecule has 3 rings (SSSR count). The van der Waals surface area contributed by atoms with Crippen molar-refractivity contribution in [3.63, 3.8) is 0 Å². The molecule has 0 unspecified atom stereocenters. The summed E-state index contributed by atoms with van der Waals surface area (Å²) >= 11 is 0. The number of pyridine rings is 1. The van der Waals surface area contributed by atoms with Gasteiger partial charge in [0.1, 0.15) is 0 Å². The van der Waals surface area contributed by atoms with E-state index in [1.165, 1.54) is 5.69 Å². The minimum atomic E-state index is 0.961. The third kappa shape index (κ3) is 7.76. The lowest BCUT2D eigenvalue weighted by Crippen LogP contribution is -1.77. The Hall–Kier alpha value is -2.49. The summed E-state index contributed by atoms with van der Waals surface area (Å²) in [6.07, 6.45) is 8.76. The van der Waals surface area contributed by atoms with Crippen molar-refractivity contribution in [3.05, 3.63) is 78.4 Å². The van der Waals surface area contributed by atoms with Gasteiger partial charge in [0.2, 0.25) is 0 Å². The summed E-state index contributed by atoms with van der Waals surface area (Å²) in [5, 5.41) is 0. The maximum Gasteiger partial charge on any atom is 0.0555 e. The molecule has 0 atom stereocenters. The van der Waals surface area contributed by atoms with Crippen molar-refractivity contribution in [3.8, 4) is 0 Å². The largest absolute Gasteiger partial charge is 0.365 e. The third-order valence-corrected chi connectivity index (χ3v) is 2.26. The van der Waals surface area contributed by atoms with Gasteiger partial charge in [0.25, 0.3) is 0 Å². The maximum absolute atomic E-state index is 3.98.